The molecule has 7 rings (SSSR count). The predicted molar refractivity (Wildman–Crippen MR) is 168 cm³/mol. The molecule has 41 heavy (non-hydrogen) atoms. The summed E-state index contributed by atoms with van der Waals surface area (Å²) in [6, 6.07) is 23.8. The van der Waals surface area contributed by atoms with E-state index in [4.69, 9.17) is 11.0 Å². The molecule has 5 aromatic rings. The number of aromatic nitrogens is 1. The Labute approximate surface area is 243 Å². The van der Waals surface area contributed by atoms with Crippen molar-refractivity contribution in [1.29, 1.82) is 0 Å². The van der Waals surface area contributed by atoms with Crippen LogP contribution in [-0.2, 0) is 7.05 Å². The standard InChI is InChI=1S/C38H39N2O/c1-25-12-21-32-36-33(39-2)23-22-31(37(36)41-38(32)35(25)34-11-7-8-24-40(34)3)30-19-17-29(18-20-30)28-15-13-27(14-16-28)26-9-5-4-6-10-26/h7-8,11-12,17-24,26-28H,4-6,9-10,13-16H2,1,3H3/q+1. The molecule has 0 N–H and O–H groups in total. The highest BCUT2D eigenvalue weighted by molar-refractivity contribution is 6.18. The van der Waals surface area contributed by atoms with Crippen LogP contribution < -0.4 is 4.57 Å². The maximum Gasteiger partial charge on any atom is 0.216 e. The highest BCUT2D eigenvalue weighted by Gasteiger charge is 2.29. The number of hydrogen-bond donors (Lipinski definition) is 0. The number of pyridine rings is 1. The molecule has 2 aromatic heterocycles. The van der Waals surface area contributed by atoms with Crippen LogP contribution in [0.25, 0.3) is 49.2 Å². The molecule has 3 nitrogen and oxygen atoms in total. The molecule has 3 aromatic carbocycles. The maximum absolute atomic E-state index is 7.91. The first-order valence-electron chi connectivity index (χ1n) is 15.5. The fourth-order valence-electron chi connectivity index (χ4n) is 7.91. The minimum absolute atomic E-state index is 0.640. The zero-order chi connectivity index (χ0) is 27.9. The van der Waals surface area contributed by atoms with E-state index in [2.05, 4.69) is 84.2 Å². The SMILES string of the molecule is [C-]#[N+]c1ccc(-c2ccc(C3CCC(C4CCCCC4)CC3)cc2)c2oc3c(-c4cccc[n+]4C)c(C)ccc3c12. The minimum Gasteiger partial charge on any atom is -0.456 e. The van der Waals surface area contributed by atoms with Crippen molar-refractivity contribution in [1.82, 2.24) is 0 Å². The number of furan rings is 1. The van der Waals surface area contributed by atoms with Crippen molar-refractivity contribution in [3.63, 3.8) is 0 Å². The van der Waals surface area contributed by atoms with E-state index in [1.165, 1.54) is 63.4 Å². The molecule has 0 aliphatic heterocycles. The summed E-state index contributed by atoms with van der Waals surface area (Å²) >= 11 is 0. The van der Waals surface area contributed by atoms with Crippen molar-refractivity contribution in [2.75, 3.05) is 0 Å². The fourth-order valence-corrected chi connectivity index (χ4v) is 7.91. The fraction of sp³-hybridized carbons (Fsp3) is 0.368. The van der Waals surface area contributed by atoms with Crippen molar-refractivity contribution in [3.8, 4) is 22.4 Å². The number of benzene rings is 3. The smallest absolute Gasteiger partial charge is 0.216 e. The van der Waals surface area contributed by atoms with Crippen LogP contribution in [0.1, 0.15) is 74.8 Å². The highest BCUT2D eigenvalue weighted by atomic mass is 16.3. The van der Waals surface area contributed by atoms with Crippen molar-refractivity contribution in [2.24, 2.45) is 18.9 Å². The van der Waals surface area contributed by atoms with Crippen LogP contribution in [0.5, 0.6) is 0 Å². The third kappa shape index (κ3) is 4.64. The number of nitrogens with zero attached hydrogens (tertiary/aromatic N) is 2. The highest BCUT2D eigenvalue weighted by Crippen LogP contribution is 2.46. The summed E-state index contributed by atoms with van der Waals surface area (Å²) in [5, 5.41) is 1.92. The van der Waals surface area contributed by atoms with Gasteiger partial charge in [-0.2, -0.15) is 0 Å². The van der Waals surface area contributed by atoms with Crippen LogP contribution in [0.3, 0.4) is 0 Å². The summed E-state index contributed by atoms with van der Waals surface area (Å²) in [5.74, 6) is 2.63. The molecule has 0 atom stereocenters. The van der Waals surface area contributed by atoms with Gasteiger partial charge in [0.25, 0.3) is 0 Å². The molecule has 2 heterocycles. The lowest BCUT2D eigenvalue weighted by Gasteiger charge is -2.36. The lowest BCUT2D eigenvalue weighted by atomic mass is 9.70. The van der Waals surface area contributed by atoms with Crippen LogP contribution in [0.2, 0.25) is 0 Å². The molecule has 2 aliphatic rings. The molecule has 0 saturated heterocycles. The van der Waals surface area contributed by atoms with E-state index < -0.39 is 0 Å². The zero-order valence-electron chi connectivity index (χ0n) is 24.3. The Kier molecular flexibility index (Phi) is 6.87. The average Bonchev–Trinajstić information content (AvgIpc) is 3.41. The summed E-state index contributed by atoms with van der Waals surface area (Å²) in [4.78, 5) is 3.90. The maximum atomic E-state index is 7.91. The largest absolute Gasteiger partial charge is 0.456 e. The molecule has 2 fully saturated rings. The monoisotopic (exact) mass is 539 g/mol. The number of fused-ring (bicyclic) bond motifs is 3. The second kappa shape index (κ2) is 10.8. The number of aryl methyl sites for hydroxylation is 2. The molecular weight excluding hydrogens is 500 g/mol. The molecule has 0 unspecified atom stereocenters. The Bertz CT molecular complexity index is 1760. The van der Waals surface area contributed by atoms with E-state index in [1.807, 2.05) is 12.1 Å². The van der Waals surface area contributed by atoms with Gasteiger partial charge < -0.3 is 4.42 Å². The van der Waals surface area contributed by atoms with Gasteiger partial charge in [-0.1, -0.05) is 80.6 Å². The summed E-state index contributed by atoms with van der Waals surface area (Å²) < 4.78 is 8.89. The van der Waals surface area contributed by atoms with Crippen LogP contribution >= 0.6 is 0 Å². The van der Waals surface area contributed by atoms with Crippen LogP contribution in [0.4, 0.5) is 5.69 Å². The summed E-state index contributed by atoms with van der Waals surface area (Å²) in [5.41, 5.74) is 9.32. The van der Waals surface area contributed by atoms with Crippen molar-refractivity contribution < 1.29 is 8.98 Å². The van der Waals surface area contributed by atoms with Crippen LogP contribution in [0, 0.1) is 25.3 Å². The van der Waals surface area contributed by atoms with E-state index in [9.17, 15) is 0 Å². The van der Waals surface area contributed by atoms with Crippen molar-refractivity contribution in [3.05, 3.63) is 95.5 Å². The zero-order valence-corrected chi connectivity index (χ0v) is 24.3. The topological polar surface area (TPSA) is 21.4 Å². The van der Waals surface area contributed by atoms with Gasteiger partial charge in [0.2, 0.25) is 5.69 Å². The Morgan fingerprint density at radius 3 is 2.27 bits per heavy atom. The second-order valence-electron chi connectivity index (χ2n) is 12.5. The van der Waals surface area contributed by atoms with Crippen molar-refractivity contribution in [2.45, 2.75) is 70.6 Å². The lowest BCUT2D eigenvalue weighted by molar-refractivity contribution is -0.660. The normalized spacial score (nSPS) is 19.9. The molecule has 0 amide bonds. The second-order valence-corrected chi connectivity index (χ2v) is 12.5. The molecule has 2 aliphatic carbocycles. The molecule has 0 radical (unpaired) electrons. The summed E-state index contributed by atoms with van der Waals surface area (Å²) in [6.07, 6.45) is 14.8. The Hall–Kier alpha value is -3.90. The number of rotatable bonds is 4. The van der Waals surface area contributed by atoms with Gasteiger partial charge >= 0.3 is 0 Å². The van der Waals surface area contributed by atoms with E-state index in [0.29, 0.717) is 11.6 Å². The Morgan fingerprint density at radius 1 is 0.780 bits per heavy atom. The average molecular weight is 540 g/mol. The quantitative estimate of drug-likeness (QED) is 0.164. The first-order valence-corrected chi connectivity index (χ1v) is 15.5. The van der Waals surface area contributed by atoms with Gasteiger partial charge in [0.05, 0.1) is 12.1 Å². The van der Waals surface area contributed by atoms with E-state index in [1.54, 1.807) is 0 Å². The Balaban J connectivity index is 1.24. The van der Waals surface area contributed by atoms with Gasteiger partial charge in [-0.3, -0.25) is 0 Å². The molecule has 2 saturated carbocycles. The molecule has 0 spiro atoms. The van der Waals surface area contributed by atoms with Crippen LogP contribution in [0.15, 0.2) is 77.3 Å². The molecular formula is C38H39N2O+. The first kappa shape index (κ1) is 26.0. The predicted octanol–water partition coefficient (Wildman–Crippen LogP) is 10.5. The van der Waals surface area contributed by atoms with E-state index in [0.717, 1.165) is 61.7 Å². The molecule has 0 bridgehead atoms. The van der Waals surface area contributed by atoms with Gasteiger partial charge in [0, 0.05) is 28.5 Å². The third-order valence-corrected chi connectivity index (χ3v) is 10.2. The van der Waals surface area contributed by atoms with E-state index in [-0.39, 0.29) is 0 Å². The molecule has 3 heteroatoms. The number of hydrogen-bond acceptors (Lipinski definition) is 1. The summed E-state index contributed by atoms with van der Waals surface area (Å²) in [6.45, 7) is 10.0. The van der Waals surface area contributed by atoms with Gasteiger partial charge in [-0.15, -0.1) is 0 Å². The van der Waals surface area contributed by atoms with Gasteiger partial charge in [0.15, 0.2) is 11.9 Å². The van der Waals surface area contributed by atoms with Crippen LogP contribution in [-0.4, -0.2) is 0 Å². The van der Waals surface area contributed by atoms with Gasteiger partial charge in [0.1, 0.15) is 18.2 Å². The molecule has 206 valence electrons. The Morgan fingerprint density at radius 2 is 1.54 bits per heavy atom. The lowest BCUT2D eigenvalue weighted by Crippen LogP contribution is -2.30. The van der Waals surface area contributed by atoms with Gasteiger partial charge in [-0.05, 0) is 73.1 Å². The van der Waals surface area contributed by atoms with E-state index >= 15 is 0 Å². The summed E-state index contributed by atoms with van der Waals surface area (Å²) in [7, 11) is 2.07. The minimum atomic E-state index is 0.640. The van der Waals surface area contributed by atoms with Crippen molar-refractivity contribution >= 4 is 27.6 Å². The first-order chi connectivity index (χ1) is 20.1. The van der Waals surface area contributed by atoms with Gasteiger partial charge in [-0.25, -0.2) is 9.41 Å². The third-order valence-electron chi connectivity index (χ3n) is 10.2.